The highest BCUT2D eigenvalue weighted by molar-refractivity contribution is 6.05. The van der Waals surface area contributed by atoms with Crippen LogP contribution in [0, 0.1) is 17.8 Å². The minimum Gasteiger partial charge on any atom is -0.461 e. The van der Waals surface area contributed by atoms with Crippen molar-refractivity contribution >= 4 is 17.5 Å². The van der Waals surface area contributed by atoms with E-state index < -0.39 is 34.7 Å². The summed E-state index contributed by atoms with van der Waals surface area (Å²) < 4.78 is 5.54. The first-order valence-electron chi connectivity index (χ1n) is 14.7. The molecule has 6 heteroatoms. The number of hydrogen-bond acceptors (Lipinski definition) is 6. The largest absolute Gasteiger partial charge is 0.461 e. The van der Waals surface area contributed by atoms with Crippen LogP contribution in [0.2, 0.25) is 0 Å². The van der Waals surface area contributed by atoms with Gasteiger partial charge in [-0.05, 0) is 30.4 Å². The SMILES string of the molecule is CCCCCCCCCCCCCC(=O)OCC1=C[C@H]2CC(=O)C[C@@H](C)[C@]2(O)[C@@H]2C=C(C)C(=O)[C@@]2(O)C1. The quantitative estimate of drug-likeness (QED) is 0.172. The fraction of sp³-hybridized carbons (Fsp3) is 0.774. The van der Waals surface area contributed by atoms with Crippen molar-refractivity contribution in [2.24, 2.45) is 17.8 Å². The molecule has 3 rings (SSSR count). The van der Waals surface area contributed by atoms with Crippen molar-refractivity contribution in [3.8, 4) is 0 Å². The van der Waals surface area contributed by atoms with Gasteiger partial charge in [0.25, 0.3) is 0 Å². The normalized spacial score (nSPS) is 31.3. The van der Waals surface area contributed by atoms with E-state index in [0.717, 1.165) is 19.3 Å². The summed E-state index contributed by atoms with van der Waals surface area (Å²) in [5.41, 5.74) is -2.16. The van der Waals surface area contributed by atoms with Crippen molar-refractivity contribution in [3.63, 3.8) is 0 Å². The first-order valence-corrected chi connectivity index (χ1v) is 14.7. The zero-order valence-electron chi connectivity index (χ0n) is 23.2. The Kier molecular flexibility index (Phi) is 10.7. The second-order valence-electron chi connectivity index (χ2n) is 11.9. The zero-order chi connectivity index (χ0) is 27.1. The van der Waals surface area contributed by atoms with Gasteiger partial charge in [0.05, 0.1) is 5.60 Å². The molecule has 0 aliphatic heterocycles. The number of ether oxygens (including phenoxy) is 1. The first-order chi connectivity index (χ1) is 17.6. The van der Waals surface area contributed by atoms with Crippen molar-refractivity contribution < 1.29 is 29.3 Å². The fourth-order valence-electron chi connectivity index (χ4n) is 6.71. The summed E-state index contributed by atoms with van der Waals surface area (Å²) in [6.07, 6.45) is 17.5. The molecule has 0 spiro atoms. The Balaban J connectivity index is 1.48. The minimum absolute atomic E-state index is 0.00418. The number of fused-ring (bicyclic) bond motifs is 3. The topological polar surface area (TPSA) is 101 Å². The van der Waals surface area contributed by atoms with Crippen LogP contribution in [0.15, 0.2) is 23.3 Å². The van der Waals surface area contributed by atoms with Crippen LogP contribution in [0.1, 0.15) is 117 Å². The Morgan fingerprint density at radius 1 is 0.946 bits per heavy atom. The predicted octanol–water partition coefficient (Wildman–Crippen LogP) is 5.78. The third-order valence-electron chi connectivity index (χ3n) is 8.88. The Labute approximate surface area is 222 Å². The molecule has 0 aromatic carbocycles. The molecule has 0 saturated heterocycles. The smallest absolute Gasteiger partial charge is 0.306 e. The lowest BCUT2D eigenvalue weighted by Gasteiger charge is -2.48. The molecule has 0 aromatic heterocycles. The van der Waals surface area contributed by atoms with Gasteiger partial charge in [0.15, 0.2) is 5.78 Å². The number of carbonyl (C=O) groups is 3. The van der Waals surface area contributed by atoms with Crippen LogP contribution in [0.3, 0.4) is 0 Å². The van der Waals surface area contributed by atoms with Crippen molar-refractivity contribution in [2.75, 3.05) is 6.61 Å². The lowest BCUT2D eigenvalue weighted by atomic mass is 9.60. The summed E-state index contributed by atoms with van der Waals surface area (Å²) in [5.74, 6) is -2.35. The molecule has 37 heavy (non-hydrogen) atoms. The van der Waals surface area contributed by atoms with Gasteiger partial charge in [0, 0.05) is 37.5 Å². The van der Waals surface area contributed by atoms with Crippen LogP contribution in [0.25, 0.3) is 0 Å². The van der Waals surface area contributed by atoms with Gasteiger partial charge in [-0.2, -0.15) is 0 Å². The second-order valence-corrected chi connectivity index (χ2v) is 11.9. The van der Waals surface area contributed by atoms with E-state index in [4.69, 9.17) is 4.74 Å². The maximum Gasteiger partial charge on any atom is 0.306 e. The second kappa shape index (κ2) is 13.3. The molecule has 0 aromatic rings. The molecule has 1 saturated carbocycles. The van der Waals surface area contributed by atoms with E-state index in [0.29, 0.717) is 17.6 Å². The minimum atomic E-state index is -1.78. The van der Waals surface area contributed by atoms with Crippen molar-refractivity contribution in [1.82, 2.24) is 0 Å². The molecule has 0 heterocycles. The Hall–Kier alpha value is -1.79. The van der Waals surface area contributed by atoms with Crippen molar-refractivity contribution in [2.45, 2.75) is 128 Å². The van der Waals surface area contributed by atoms with Gasteiger partial charge in [0.2, 0.25) is 0 Å². The Morgan fingerprint density at radius 2 is 1.54 bits per heavy atom. The maximum absolute atomic E-state index is 13.0. The highest BCUT2D eigenvalue weighted by atomic mass is 16.5. The maximum atomic E-state index is 13.0. The summed E-state index contributed by atoms with van der Waals surface area (Å²) in [6.45, 7) is 5.67. The molecule has 6 nitrogen and oxygen atoms in total. The van der Waals surface area contributed by atoms with Gasteiger partial charge >= 0.3 is 5.97 Å². The standard InChI is InChI=1S/C31H48O6/c1-4-5-6-7-8-9-10-11-12-13-14-15-28(33)37-21-24-18-25-19-26(32)17-23(3)31(25,36)27-16-22(2)29(34)30(27,35)20-24/h16,18,23,25,27,35-36H,4-15,17,19-21H2,1-3H3/t23-,25+,27-,30-,31-/m1/s1. The lowest BCUT2D eigenvalue weighted by molar-refractivity contribution is -0.170. The molecule has 2 N–H and O–H groups in total. The number of esters is 1. The Bertz CT molecular complexity index is 888. The van der Waals surface area contributed by atoms with Crippen LogP contribution in [0.5, 0.6) is 0 Å². The Morgan fingerprint density at radius 3 is 2.16 bits per heavy atom. The molecule has 0 radical (unpaired) electrons. The van der Waals surface area contributed by atoms with Gasteiger partial charge < -0.3 is 14.9 Å². The third-order valence-corrected chi connectivity index (χ3v) is 8.88. The van der Waals surface area contributed by atoms with Crippen LogP contribution in [-0.2, 0) is 19.1 Å². The summed E-state index contributed by atoms with van der Waals surface area (Å²) in [7, 11) is 0. The van der Waals surface area contributed by atoms with E-state index in [2.05, 4.69) is 6.92 Å². The fourth-order valence-corrected chi connectivity index (χ4v) is 6.71. The third kappa shape index (κ3) is 7.00. The van der Waals surface area contributed by atoms with Gasteiger partial charge in [-0.3, -0.25) is 14.4 Å². The van der Waals surface area contributed by atoms with E-state index in [-0.39, 0.29) is 37.6 Å². The van der Waals surface area contributed by atoms with E-state index in [1.54, 1.807) is 19.1 Å². The number of rotatable bonds is 14. The lowest BCUT2D eigenvalue weighted by Crippen LogP contribution is -2.60. The number of ketones is 2. The molecule has 5 atom stereocenters. The van der Waals surface area contributed by atoms with Crippen LogP contribution >= 0.6 is 0 Å². The molecular formula is C31H48O6. The van der Waals surface area contributed by atoms with E-state index in [1.807, 2.05) is 6.92 Å². The van der Waals surface area contributed by atoms with Crippen LogP contribution in [0.4, 0.5) is 0 Å². The molecule has 0 unspecified atom stereocenters. The summed E-state index contributed by atoms with van der Waals surface area (Å²) >= 11 is 0. The molecule has 208 valence electrons. The van der Waals surface area contributed by atoms with Crippen molar-refractivity contribution in [1.29, 1.82) is 0 Å². The average Bonchev–Trinajstić information content (AvgIpc) is 3.02. The summed E-state index contributed by atoms with van der Waals surface area (Å²) in [5, 5.41) is 23.4. The van der Waals surface area contributed by atoms with E-state index >= 15 is 0 Å². The predicted molar refractivity (Wildman–Crippen MR) is 144 cm³/mol. The van der Waals surface area contributed by atoms with E-state index in [9.17, 15) is 24.6 Å². The highest BCUT2D eigenvalue weighted by Gasteiger charge is 2.63. The number of aliphatic hydroxyl groups is 2. The van der Waals surface area contributed by atoms with Gasteiger partial charge in [-0.25, -0.2) is 0 Å². The van der Waals surface area contributed by atoms with Crippen LogP contribution in [-0.4, -0.2) is 45.6 Å². The number of hydrogen-bond donors (Lipinski definition) is 2. The molecule has 3 aliphatic carbocycles. The molecular weight excluding hydrogens is 468 g/mol. The number of unbranched alkanes of at least 4 members (excludes halogenated alkanes) is 10. The molecule has 0 bridgehead atoms. The van der Waals surface area contributed by atoms with Crippen LogP contribution < -0.4 is 0 Å². The molecule has 1 fully saturated rings. The highest BCUT2D eigenvalue weighted by Crippen LogP contribution is 2.54. The summed E-state index contributed by atoms with van der Waals surface area (Å²) in [4.78, 5) is 37.8. The molecule has 0 amide bonds. The zero-order valence-corrected chi connectivity index (χ0v) is 23.2. The number of carbonyl (C=O) groups excluding carboxylic acids is 3. The first kappa shape index (κ1) is 29.8. The van der Waals surface area contributed by atoms with Crippen molar-refractivity contribution in [3.05, 3.63) is 23.3 Å². The van der Waals surface area contributed by atoms with Gasteiger partial charge in [-0.15, -0.1) is 0 Å². The van der Waals surface area contributed by atoms with Gasteiger partial charge in [0.1, 0.15) is 18.0 Å². The van der Waals surface area contributed by atoms with Gasteiger partial charge in [-0.1, -0.05) is 90.2 Å². The molecule has 3 aliphatic rings. The monoisotopic (exact) mass is 516 g/mol. The van der Waals surface area contributed by atoms with E-state index in [1.165, 1.54) is 51.4 Å². The average molecular weight is 517 g/mol. The summed E-state index contributed by atoms with van der Waals surface area (Å²) in [6, 6.07) is 0. The number of Topliss-reactive ketones (excluding diaryl/α,β-unsaturated/α-hetero) is 2.